The Morgan fingerprint density at radius 2 is 1.70 bits per heavy atom. The highest BCUT2D eigenvalue weighted by Gasteiger charge is 2.13. The SMILES string of the molecule is Cc1ccnc(Nc2cc(NCCNS(=O)(=O)c3ccc(-n4cccn4)cc3)nc(C)n2)c1. The van der Waals surface area contributed by atoms with E-state index < -0.39 is 10.0 Å². The molecule has 0 aliphatic heterocycles. The number of pyridine rings is 1. The lowest BCUT2D eigenvalue weighted by Crippen LogP contribution is -2.29. The number of benzene rings is 1. The van der Waals surface area contributed by atoms with E-state index in [4.69, 9.17) is 0 Å². The van der Waals surface area contributed by atoms with Crippen molar-refractivity contribution in [1.82, 2.24) is 29.5 Å². The highest BCUT2D eigenvalue weighted by atomic mass is 32.2. The number of nitrogens with zero attached hydrogens (tertiary/aromatic N) is 5. The van der Waals surface area contributed by atoms with Gasteiger partial charge in [0.05, 0.1) is 10.6 Å². The lowest BCUT2D eigenvalue weighted by molar-refractivity contribution is 0.583. The van der Waals surface area contributed by atoms with Gasteiger partial charge in [-0.25, -0.2) is 32.8 Å². The Morgan fingerprint density at radius 3 is 2.42 bits per heavy atom. The van der Waals surface area contributed by atoms with Crippen LogP contribution in [0, 0.1) is 13.8 Å². The number of aryl methyl sites for hydroxylation is 2. The summed E-state index contributed by atoms with van der Waals surface area (Å²) in [6.45, 7) is 4.31. The zero-order valence-electron chi connectivity index (χ0n) is 18.2. The third-order valence-electron chi connectivity index (χ3n) is 4.65. The van der Waals surface area contributed by atoms with Crippen molar-refractivity contribution in [2.75, 3.05) is 23.7 Å². The molecule has 0 radical (unpaired) electrons. The third-order valence-corrected chi connectivity index (χ3v) is 6.13. The van der Waals surface area contributed by atoms with Gasteiger partial charge in [0.25, 0.3) is 0 Å². The number of hydrogen-bond donors (Lipinski definition) is 3. The summed E-state index contributed by atoms with van der Waals surface area (Å²) in [5, 5.41) is 10.4. The number of aromatic nitrogens is 5. The number of nitrogens with one attached hydrogen (secondary N) is 3. The Hall–Kier alpha value is -3.83. The summed E-state index contributed by atoms with van der Waals surface area (Å²) < 4.78 is 29.4. The molecule has 1 aromatic carbocycles. The van der Waals surface area contributed by atoms with Gasteiger partial charge in [0.2, 0.25) is 10.0 Å². The van der Waals surface area contributed by atoms with Crippen LogP contribution in [0.3, 0.4) is 0 Å². The fourth-order valence-corrected chi connectivity index (χ4v) is 4.15. The molecular formula is C22H24N8O2S. The van der Waals surface area contributed by atoms with Crippen molar-refractivity contribution < 1.29 is 8.42 Å². The predicted molar refractivity (Wildman–Crippen MR) is 126 cm³/mol. The molecule has 0 saturated carbocycles. The first-order valence-electron chi connectivity index (χ1n) is 10.3. The maximum atomic E-state index is 12.6. The fourth-order valence-electron chi connectivity index (χ4n) is 3.12. The maximum absolute atomic E-state index is 12.6. The molecule has 33 heavy (non-hydrogen) atoms. The molecular weight excluding hydrogens is 440 g/mol. The Morgan fingerprint density at radius 1 is 0.909 bits per heavy atom. The largest absolute Gasteiger partial charge is 0.369 e. The summed E-state index contributed by atoms with van der Waals surface area (Å²) in [5.41, 5.74) is 1.87. The first kappa shape index (κ1) is 22.4. The van der Waals surface area contributed by atoms with Crippen LogP contribution in [0.4, 0.5) is 17.5 Å². The van der Waals surface area contributed by atoms with E-state index in [1.807, 2.05) is 19.1 Å². The molecule has 0 bridgehead atoms. The van der Waals surface area contributed by atoms with Gasteiger partial charge in [-0.1, -0.05) is 0 Å². The smallest absolute Gasteiger partial charge is 0.240 e. The van der Waals surface area contributed by atoms with Crippen molar-refractivity contribution in [3.8, 4) is 5.69 Å². The number of anilines is 3. The molecule has 0 aliphatic rings. The Bertz CT molecular complexity index is 1320. The van der Waals surface area contributed by atoms with Crippen LogP contribution in [0.5, 0.6) is 0 Å². The van der Waals surface area contributed by atoms with Crippen molar-refractivity contribution in [2.24, 2.45) is 0 Å². The molecule has 0 aliphatic carbocycles. The van der Waals surface area contributed by atoms with Crippen molar-refractivity contribution in [3.63, 3.8) is 0 Å². The summed E-state index contributed by atoms with van der Waals surface area (Å²) in [7, 11) is -3.63. The second-order valence-electron chi connectivity index (χ2n) is 7.30. The van der Waals surface area contributed by atoms with Crippen LogP contribution >= 0.6 is 0 Å². The summed E-state index contributed by atoms with van der Waals surface area (Å²) in [4.78, 5) is 13.2. The van der Waals surface area contributed by atoms with Crippen LogP contribution in [-0.2, 0) is 10.0 Å². The highest BCUT2D eigenvalue weighted by molar-refractivity contribution is 7.89. The zero-order valence-corrected chi connectivity index (χ0v) is 19.0. The monoisotopic (exact) mass is 464 g/mol. The van der Waals surface area contributed by atoms with Crippen molar-refractivity contribution in [2.45, 2.75) is 18.7 Å². The number of rotatable bonds is 9. The summed E-state index contributed by atoms with van der Waals surface area (Å²) in [6.07, 6.45) is 5.18. The van der Waals surface area contributed by atoms with Gasteiger partial charge in [-0.05, 0) is 61.9 Å². The van der Waals surface area contributed by atoms with Gasteiger partial charge in [-0.15, -0.1) is 0 Å². The zero-order chi connectivity index (χ0) is 23.3. The van der Waals surface area contributed by atoms with Gasteiger partial charge in [-0.2, -0.15) is 5.10 Å². The molecule has 4 aromatic rings. The number of hydrogen-bond acceptors (Lipinski definition) is 8. The van der Waals surface area contributed by atoms with E-state index in [0.717, 1.165) is 11.3 Å². The van der Waals surface area contributed by atoms with Crippen LogP contribution in [0.1, 0.15) is 11.4 Å². The van der Waals surface area contributed by atoms with Crippen LogP contribution in [-0.4, -0.2) is 46.2 Å². The molecule has 0 fully saturated rings. The first-order chi connectivity index (χ1) is 15.9. The topological polar surface area (TPSA) is 127 Å². The van der Waals surface area contributed by atoms with Gasteiger partial charge in [0.1, 0.15) is 23.3 Å². The standard InChI is InChI=1S/C22H24N8O2S/c1-16-8-10-23-20(14-16)29-22-15-21(27-17(2)28-22)24-11-12-26-33(31,32)19-6-4-18(5-7-19)30-13-3-9-25-30/h3-10,13-15,26H,11-12H2,1-2H3,(H2,23,24,27,28,29). The molecule has 0 amide bonds. The molecule has 3 N–H and O–H groups in total. The normalized spacial score (nSPS) is 11.3. The molecule has 0 unspecified atom stereocenters. The Labute approximate surface area is 192 Å². The molecule has 3 aromatic heterocycles. The van der Waals surface area contributed by atoms with E-state index in [-0.39, 0.29) is 11.4 Å². The molecule has 4 rings (SSSR count). The Balaban J connectivity index is 1.33. The van der Waals surface area contributed by atoms with Crippen LogP contribution in [0.2, 0.25) is 0 Å². The van der Waals surface area contributed by atoms with Gasteiger partial charge < -0.3 is 10.6 Å². The maximum Gasteiger partial charge on any atom is 0.240 e. The average molecular weight is 465 g/mol. The van der Waals surface area contributed by atoms with Gasteiger partial charge in [0.15, 0.2) is 0 Å². The van der Waals surface area contributed by atoms with E-state index in [1.54, 1.807) is 66.6 Å². The highest BCUT2D eigenvalue weighted by Crippen LogP contribution is 2.17. The molecule has 170 valence electrons. The van der Waals surface area contributed by atoms with Crippen molar-refractivity contribution in [3.05, 3.63) is 78.5 Å². The molecule has 0 saturated heterocycles. The quantitative estimate of drug-likeness (QED) is 0.323. The molecule has 10 nitrogen and oxygen atoms in total. The fraction of sp³-hybridized carbons (Fsp3) is 0.182. The number of sulfonamides is 1. The lowest BCUT2D eigenvalue weighted by Gasteiger charge is -2.11. The minimum atomic E-state index is -3.63. The van der Waals surface area contributed by atoms with Gasteiger partial charge in [-0.3, -0.25) is 0 Å². The summed E-state index contributed by atoms with van der Waals surface area (Å²) >= 11 is 0. The van der Waals surface area contributed by atoms with Gasteiger partial charge >= 0.3 is 0 Å². The van der Waals surface area contributed by atoms with Crippen LogP contribution in [0.25, 0.3) is 5.69 Å². The van der Waals surface area contributed by atoms with E-state index >= 15 is 0 Å². The summed E-state index contributed by atoms with van der Waals surface area (Å²) in [5.74, 6) is 2.44. The van der Waals surface area contributed by atoms with Crippen molar-refractivity contribution in [1.29, 1.82) is 0 Å². The second kappa shape index (κ2) is 9.76. The summed E-state index contributed by atoms with van der Waals surface area (Å²) in [6, 6.07) is 13.9. The van der Waals surface area contributed by atoms with E-state index in [1.165, 1.54) is 0 Å². The lowest BCUT2D eigenvalue weighted by atomic mass is 10.3. The molecule has 0 atom stereocenters. The molecule has 11 heteroatoms. The van der Waals surface area contributed by atoms with Crippen LogP contribution in [0.15, 0.2) is 72.0 Å². The third kappa shape index (κ3) is 5.90. The minimum Gasteiger partial charge on any atom is -0.369 e. The first-order valence-corrected chi connectivity index (χ1v) is 11.8. The second-order valence-corrected chi connectivity index (χ2v) is 9.07. The van der Waals surface area contributed by atoms with E-state index in [0.29, 0.717) is 29.8 Å². The predicted octanol–water partition coefficient (Wildman–Crippen LogP) is 2.81. The average Bonchev–Trinajstić information content (AvgIpc) is 3.32. The molecule has 3 heterocycles. The Kier molecular flexibility index (Phi) is 6.61. The van der Waals surface area contributed by atoms with E-state index in [2.05, 4.69) is 35.4 Å². The minimum absolute atomic E-state index is 0.188. The van der Waals surface area contributed by atoms with Gasteiger partial charge in [0, 0.05) is 37.7 Å². The molecule has 0 spiro atoms. The van der Waals surface area contributed by atoms with Crippen molar-refractivity contribution >= 4 is 27.5 Å². The van der Waals surface area contributed by atoms with E-state index in [9.17, 15) is 8.42 Å². The van der Waals surface area contributed by atoms with Crippen LogP contribution < -0.4 is 15.4 Å².